The summed E-state index contributed by atoms with van der Waals surface area (Å²) >= 11 is 0. The Morgan fingerprint density at radius 1 is 0.784 bits per heavy atom. The van der Waals surface area contributed by atoms with Gasteiger partial charge in [0.1, 0.15) is 12.1 Å². The number of aliphatic hydroxyl groups is 1. The number of amides is 3. The molecular weight excluding hydrogens is 470 g/mol. The van der Waals surface area contributed by atoms with Crippen LogP contribution in [0.25, 0.3) is 11.1 Å². The van der Waals surface area contributed by atoms with E-state index in [-0.39, 0.29) is 13.8 Å². The molecule has 3 atom stereocenters. The average molecular weight is 506 g/mol. The molecule has 0 aliphatic carbocycles. The maximum Gasteiger partial charge on any atom is 0.268 e. The second kappa shape index (κ2) is 13.9. The molecule has 0 aromatic heterocycles. The van der Waals surface area contributed by atoms with Crippen LogP contribution in [0.5, 0.6) is 0 Å². The molecule has 0 aliphatic rings. The number of carbonyl (C=O) groups is 3. The van der Waals surface area contributed by atoms with E-state index in [0.717, 1.165) is 23.1 Å². The van der Waals surface area contributed by atoms with Crippen molar-refractivity contribution in [3.8, 4) is 11.1 Å². The Kier molecular flexibility index (Phi) is 11.0. The average Bonchev–Trinajstić information content (AvgIpc) is 2.91. The zero-order chi connectivity index (χ0) is 26.1. The minimum Gasteiger partial charge on any atom is -0.391 e. The first-order valence-corrected chi connectivity index (χ1v) is 11.8. The molecule has 0 aliphatic heterocycles. The van der Waals surface area contributed by atoms with Gasteiger partial charge < -0.3 is 15.7 Å². The molecule has 37 heavy (non-hydrogen) atoms. The molecule has 0 saturated carbocycles. The van der Waals surface area contributed by atoms with Gasteiger partial charge in [-0.15, -0.1) is 0 Å². The number of carbonyl (C=O) groups excluding carboxylic acids is 3. The van der Waals surface area contributed by atoms with Crippen molar-refractivity contribution in [2.24, 2.45) is 0 Å². The molecule has 0 radical (unpaired) electrons. The van der Waals surface area contributed by atoms with E-state index in [0.29, 0.717) is 5.56 Å². The number of nitrogens with one attached hydrogen (secondary N) is 3. The number of hydrogen-bond acceptors (Lipinski definition) is 5. The van der Waals surface area contributed by atoms with Gasteiger partial charge >= 0.3 is 0 Å². The molecule has 0 saturated heterocycles. The molecule has 0 bridgehead atoms. The van der Waals surface area contributed by atoms with Gasteiger partial charge in [0.25, 0.3) is 11.8 Å². The SMILES string of the molecule is C.CCc1ccc(-c2ccc(C(=O)N[C@@H](Cc3ccccc3)C(=O)N[C@H](C(=O)NO)[C@@H](C)O)cc2)cc1. The van der Waals surface area contributed by atoms with Crippen molar-refractivity contribution in [2.45, 2.75) is 52.3 Å². The Hall–Kier alpha value is -4.01. The summed E-state index contributed by atoms with van der Waals surface area (Å²) in [5, 5.41) is 23.9. The van der Waals surface area contributed by atoms with Crippen LogP contribution in [0.1, 0.15) is 42.8 Å². The maximum absolute atomic E-state index is 13.0. The van der Waals surface area contributed by atoms with Crippen molar-refractivity contribution in [3.63, 3.8) is 0 Å². The maximum atomic E-state index is 13.0. The van der Waals surface area contributed by atoms with E-state index in [1.807, 2.05) is 54.6 Å². The van der Waals surface area contributed by atoms with Gasteiger partial charge in [-0.25, -0.2) is 5.48 Å². The Morgan fingerprint density at radius 3 is 1.86 bits per heavy atom. The van der Waals surface area contributed by atoms with Crippen molar-refractivity contribution in [2.75, 3.05) is 0 Å². The molecular formula is C29H35N3O5. The van der Waals surface area contributed by atoms with Gasteiger partial charge in [-0.2, -0.15) is 0 Å². The molecule has 3 amide bonds. The number of hydroxylamine groups is 1. The van der Waals surface area contributed by atoms with Crippen molar-refractivity contribution in [1.29, 1.82) is 0 Å². The van der Waals surface area contributed by atoms with Crippen LogP contribution >= 0.6 is 0 Å². The summed E-state index contributed by atoms with van der Waals surface area (Å²) in [5.41, 5.74) is 5.83. The lowest BCUT2D eigenvalue weighted by Gasteiger charge is -2.24. The zero-order valence-corrected chi connectivity index (χ0v) is 20.3. The van der Waals surface area contributed by atoms with Crippen LogP contribution in [-0.2, 0) is 22.4 Å². The van der Waals surface area contributed by atoms with Gasteiger partial charge in [0.15, 0.2) is 0 Å². The van der Waals surface area contributed by atoms with Gasteiger partial charge in [0.2, 0.25) is 5.91 Å². The van der Waals surface area contributed by atoms with Crippen LogP contribution in [0, 0.1) is 0 Å². The molecule has 8 nitrogen and oxygen atoms in total. The molecule has 3 aromatic carbocycles. The highest BCUT2D eigenvalue weighted by atomic mass is 16.5. The highest BCUT2D eigenvalue weighted by molar-refractivity contribution is 5.98. The van der Waals surface area contributed by atoms with Gasteiger partial charge in [0, 0.05) is 12.0 Å². The highest BCUT2D eigenvalue weighted by Crippen LogP contribution is 2.21. The van der Waals surface area contributed by atoms with E-state index < -0.39 is 35.9 Å². The van der Waals surface area contributed by atoms with E-state index in [9.17, 15) is 19.5 Å². The predicted octanol–water partition coefficient (Wildman–Crippen LogP) is 3.26. The summed E-state index contributed by atoms with van der Waals surface area (Å²) in [7, 11) is 0. The third kappa shape index (κ3) is 7.99. The summed E-state index contributed by atoms with van der Waals surface area (Å²) in [4.78, 5) is 37.9. The summed E-state index contributed by atoms with van der Waals surface area (Å²) in [6, 6.07) is 22.0. The van der Waals surface area contributed by atoms with Crippen LogP contribution in [-0.4, -0.2) is 46.2 Å². The van der Waals surface area contributed by atoms with E-state index in [2.05, 4.69) is 29.7 Å². The lowest BCUT2D eigenvalue weighted by molar-refractivity contribution is -0.138. The van der Waals surface area contributed by atoms with E-state index in [1.54, 1.807) is 12.1 Å². The number of aryl methyl sites for hydroxylation is 1. The van der Waals surface area contributed by atoms with Crippen LogP contribution < -0.4 is 16.1 Å². The Bertz CT molecular complexity index is 1160. The third-order valence-electron chi connectivity index (χ3n) is 5.92. The minimum atomic E-state index is -1.39. The van der Waals surface area contributed by atoms with Crippen molar-refractivity contribution >= 4 is 17.7 Å². The fourth-order valence-electron chi connectivity index (χ4n) is 3.78. The van der Waals surface area contributed by atoms with Crippen LogP contribution in [0.15, 0.2) is 78.9 Å². The molecule has 3 rings (SSSR count). The first kappa shape index (κ1) is 29.2. The standard InChI is InChI=1S/C28H31N3O5.CH4/c1-3-19-9-11-21(12-10-19)22-13-15-23(16-14-22)26(33)29-24(17-20-7-5-4-6-8-20)27(34)30-25(18(2)32)28(35)31-36;/h4-16,18,24-25,32,36H,3,17H2,1-2H3,(H,29,33)(H,30,34)(H,31,35);1H4/t18-,24+,25+;/m1./s1. The molecule has 196 valence electrons. The van der Waals surface area contributed by atoms with Crippen LogP contribution in [0.2, 0.25) is 0 Å². The van der Waals surface area contributed by atoms with Crippen molar-refractivity contribution in [3.05, 3.63) is 95.6 Å². The number of rotatable bonds is 10. The molecule has 0 heterocycles. The normalized spacial score (nSPS) is 12.9. The third-order valence-corrected chi connectivity index (χ3v) is 5.92. The molecule has 8 heteroatoms. The lowest BCUT2D eigenvalue weighted by Crippen LogP contribution is -2.57. The molecule has 3 aromatic rings. The molecule has 0 fully saturated rings. The molecule has 0 spiro atoms. The Balaban J connectivity index is 0.00000481. The summed E-state index contributed by atoms with van der Waals surface area (Å²) in [6.45, 7) is 3.40. The number of benzene rings is 3. The largest absolute Gasteiger partial charge is 0.391 e. The van der Waals surface area contributed by atoms with Crippen LogP contribution in [0.4, 0.5) is 0 Å². The first-order chi connectivity index (χ1) is 17.3. The fourth-order valence-corrected chi connectivity index (χ4v) is 3.78. The van der Waals surface area contributed by atoms with E-state index in [4.69, 9.17) is 5.21 Å². The van der Waals surface area contributed by atoms with Gasteiger partial charge in [0.05, 0.1) is 6.10 Å². The van der Waals surface area contributed by atoms with E-state index >= 15 is 0 Å². The quantitative estimate of drug-likeness (QED) is 0.213. The van der Waals surface area contributed by atoms with Gasteiger partial charge in [-0.3, -0.25) is 19.6 Å². The second-order valence-corrected chi connectivity index (χ2v) is 8.55. The smallest absolute Gasteiger partial charge is 0.268 e. The molecule has 5 N–H and O–H groups in total. The summed E-state index contributed by atoms with van der Waals surface area (Å²) in [5.74, 6) is -2.10. The number of hydrogen-bond donors (Lipinski definition) is 5. The first-order valence-electron chi connectivity index (χ1n) is 11.8. The number of aliphatic hydroxyl groups excluding tert-OH is 1. The van der Waals surface area contributed by atoms with E-state index in [1.165, 1.54) is 18.0 Å². The predicted molar refractivity (Wildman–Crippen MR) is 143 cm³/mol. The zero-order valence-electron chi connectivity index (χ0n) is 20.3. The molecule has 0 unspecified atom stereocenters. The fraction of sp³-hybridized carbons (Fsp3) is 0.276. The Morgan fingerprint density at radius 2 is 1.35 bits per heavy atom. The second-order valence-electron chi connectivity index (χ2n) is 8.55. The van der Waals surface area contributed by atoms with Crippen molar-refractivity contribution < 1.29 is 24.7 Å². The minimum absolute atomic E-state index is 0. The highest BCUT2D eigenvalue weighted by Gasteiger charge is 2.30. The monoisotopic (exact) mass is 505 g/mol. The topological polar surface area (TPSA) is 128 Å². The van der Waals surface area contributed by atoms with Crippen molar-refractivity contribution in [1.82, 2.24) is 16.1 Å². The summed E-state index contributed by atoms with van der Waals surface area (Å²) in [6.07, 6.45) is -0.152. The Labute approximate surface area is 217 Å². The van der Waals surface area contributed by atoms with Gasteiger partial charge in [-0.05, 0) is 47.7 Å². The van der Waals surface area contributed by atoms with Gasteiger partial charge in [-0.1, -0.05) is 81.1 Å². The summed E-state index contributed by atoms with van der Waals surface area (Å²) < 4.78 is 0. The van der Waals surface area contributed by atoms with Crippen LogP contribution in [0.3, 0.4) is 0 Å². The lowest BCUT2D eigenvalue weighted by atomic mass is 10.0.